The quantitative estimate of drug-likeness (QED) is 0.171. The number of aliphatic imine (C=N–C) groups is 1. The Kier molecular flexibility index (Phi) is 5.72. The molecule has 24 heavy (non-hydrogen) atoms. The van der Waals surface area contributed by atoms with Crippen LogP contribution in [0.25, 0.3) is 0 Å². The van der Waals surface area contributed by atoms with Crippen molar-refractivity contribution in [3.05, 3.63) is 40.8 Å². The summed E-state index contributed by atoms with van der Waals surface area (Å²) in [4.78, 5) is 4.42. The number of fused-ring (bicyclic) bond motifs is 1. The first-order valence-electron chi connectivity index (χ1n) is 7.21. The number of hydroxylamine groups is 1. The van der Waals surface area contributed by atoms with E-state index in [1.54, 1.807) is 6.07 Å². The van der Waals surface area contributed by atoms with Gasteiger partial charge in [-0.3, -0.25) is 20.4 Å². The number of amidine groups is 1. The lowest BCUT2D eigenvalue weighted by molar-refractivity contribution is 0.232. The molecule has 7 nitrogen and oxygen atoms in total. The highest BCUT2D eigenvalue weighted by Gasteiger charge is 2.30. The van der Waals surface area contributed by atoms with Gasteiger partial charge in [-0.25, -0.2) is 9.02 Å². The van der Waals surface area contributed by atoms with Gasteiger partial charge in [-0.15, -0.1) is 0 Å². The number of rotatable bonds is 7. The van der Waals surface area contributed by atoms with Gasteiger partial charge in [-0.2, -0.15) is 0 Å². The minimum Gasteiger partial charge on any atom is -0.290 e. The fourth-order valence-electron chi connectivity index (χ4n) is 2.40. The van der Waals surface area contributed by atoms with Gasteiger partial charge in [-0.1, -0.05) is 35.8 Å². The Hall–Kier alpha value is -1.62. The van der Waals surface area contributed by atoms with E-state index in [2.05, 4.69) is 25.5 Å². The van der Waals surface area contributed by atoms with Gasteiger partial charge in [0.2, 0.25) is 0 Å². The van der Waals surface area contributed by atoms with E-state index in [4.69, 9.17) is 4.63 Å². The molecule has 1 unspecified atom stereocenters. The molecule has 0 saturated heterocycles. The van der Waals surface area contributed by atoms with Gasteiger partial charge in [0.1, 0.15) is 5.82 Å². The summed E-state index contributed by atoms with van der Waals surface area (Å²) in [5.41, 5.74) is 3.88. The van der Waals surface area contributed by atoms with Gasteiger partial charge in [0, 0.05) is 18.7 Å². The molecule has 1 atom stereocenters. The number of thioether (sulfide) groups is 1. The Morgan fingerprint density at radius 1 is 1.50 bits per heavy atom. The van der Waals surface area contributed by atoms with Crippen LogP contribution in [0.3, 0.4) is 0 Å². The third kappa shape index (κ3) is 3.56. The molecule has 0 spiro atoms. The van der Waals surface area contributed by atoms with Gasteiger partial charge in [0.05, 0.1) is 6.04 Å². The van der Waals surface area contributed by atoms with Gasteiger partial charge >= 0.3 is 0 Å². The molecule has 1 aliphatic carbocycles. The van der Waals surface area contributed by atoms with Crippen LogP contribution >= 0.6 is 23.7 Å². The molecule has 10 heteroatoms. The van der Waals surface area contributed by atoms with E-state index in [0.717, 1.165) is 17.9 Å². The van der Waals surface area contributed by atoms with Crippen LogP contribution in [0.5, 0.6) is 0 Å². The van der Waals surface area contributed by atoms with Crippen LogP contribution < -0.4 is 10.2 Å². The van der Waals surface area contributed by atoms with E-state index in [1.807, 2.05) is 12.3 Å². The van der Waals surface area contributed by atoms with Gasteiger partial charge in [0.25, 0.3) is 0 Å². The predicted molar refractivity (Wildman–Crippen MR) is 90.8 cm³/mol. The first-order chi connectivity index (χ1) is 11.7. The van der Waals surface area contributed by atoms with Crippen molar-refractivity contribution < 1.29 is 14.2 Å². The lowest BCUT2D eigenvalue weighted by atomic mass is 9.83. The maximum atomic E-state index is 13.6. The van der Waals surface area contributed by atoms with Crippen LogP contribution in [0.1, 0.15) is 22.9 Å². The van der Waals surface area contributed by atoms with E-state index < -0.39 is 0 Å². The smallest absolute Gasteiger partial charge is 0.185 e. The predicted octanol–water partition coefficient (Wildman–Crippen LogP) is 2.19. The summed E-state index contributed by atoms with van der Waals surface area (Å²) >= 11 is 2.98. The monoisotopic (exact) mass is 369 g/mol. The molecule has 1 aliphatic rings. The van der Waals surface area contributed by atoms with E-state index in [9.17, 15) is 9.60 Å². The van der Waals surface area contributed by atoms with Crippen molar-refractivity contribution >= 4 is 29.5 Å². The molecular weight excluding hydrogens is 353 g/mol. The van der Waals surface area contributed by atoms with Crippen molar-refractivity contribution in [1.29, 1.82) is 0 Å². The van der Waals surface area contributed by atoms with Crippen molar-refractivity contribution in [2.24, 2.45) is 4.99 Å². The third-order valence-electron chi connectivity index (χ3n) is 3.57. The van der Waals surface area contributed by atoms with E-state index in [-0.39, 0.29) is 17.7 Å². The Labute approximate surface area is 146 Å². The summed E-state index contributed by atoms with van der Waals surface area (Å²) < 4.78 is 21.5. The average molecular weight is 369 g/mol. The molecule has 128 valence electrons. The van der Waals surface area contributed by atoms with Crippen LogP contribution in [0.2, 0.25) is 0 Å². The van der Waals surface area contributed by atoms with Crippen LogP contribution in [0.4, 0.5) is 4.39 Å². The number of benzene rings is 1. The lowest BCUT2D eigenvalue weighted by Crippen LogP contribution is -2.26. The number of halogens is 1. The number of aromatic nitrogens is 2. The number of hydrogen-bond acceptors (Lipinski definition) is 8. The van der Waals surface area contributed by atoms with Crippen LogP contribution in [0.15, 0.2) is 32.8 Å². The molecule has 1 aromatic heterocycles. The molecular formula is C14H16FN5O2S2. The highest BCUT2D eigenvalue weighted by Crippen LogP contribution is 2.38. The van der Waals surface area contributed by atoms with Crippen LogP contribution in [-0.4, -0.2) is 39.9 Å². The molecule has 0 saturated carbocycles. The van der Waals surface area contributed by atoms with Crippen molar-refractivity contribution in [2.45, 2.75) is 17.5 Å². The summed E-state index contributed by atoms with van der Waals surface area (Å²) in [7, 11) is 0. The highest BCUT2D eigenvalue weighted by molar-refractivity contribution is 7.99. The second-order valence-electron chi connectivity index (χ2n) is 4.98. The van der Waals surface area contributed by atoms with Gasteiger partial charge < -0.3 is 0 Å². The van der Waals surface area contributed by atoms with Gasteiger partial charge in [-0.05, 0) is 33.8 Å². The third-order valence-corrected chi connectivity index (χ3v) is 5.01. The molecule has 0 radical (unpaired) electrons. The van der Waals surface area contributed by atoms with Crippen molar-refractivity contribution in [1.82, 2.24) is 20.5 Å². The van der Waals surface area contributed by atoms with E-state index in [0.29, 0.717) is 22.7 Å². The lowest BCUT2D eigenvalue weighted by Gasteiger charge is -2.27. The molecule has 3 rings (SSSR count). The largest absolute Gasteiger partial charge is 0.290 e. The molecule has 3 N–H and O–H groups in total. The zero-order valence-corrected chi connectivity index (χ0v) is 14.5. The summed E-state index contributed by atoms with van der Waals surface area (Å²) in [5, 5.41) is 17.6. The van der Waals surface area contributed by atoms with Crippen molar-refractivity contribution in [3.63, 3.8) is 0 Å². The van der Waals surface area contributed by atoms with Crippen molar-refractivity contribution in [3.8, 4) is 0 Å². The number of nitrogens with one attached hydrogen (secondary N) is 2. The second-order valence-corrected chi connectivity index (χ2v) is 6.76. The van der Waals surface area contributed by atoms with E-state index in [1.165, 1.54) is 29.8 Å². The molecule has 1 aromatic carbocycles. The van der Waals surface area contributed by atoms with E-state index >= 15 is 0 Å². The molecule has 2 aromatic rings. The molecule has 0 amide bonds. The molecule has 0 bridgehead atoms. The summed E-state index contributed by atoms with van der Waals surface area (Å²) in [6.07, 6.45) is 2.44. The second kappa shape index (κ2) is 7.97. The molecule has 1 heterocycles. The summed E-state index contributed by atoms with van der Waals surface area (Å²) in [5.74, 6) is 0.702. The Morgan fingerprint density at radius 3 is 3.17 bits per heavy atom. The standard InChI is InChI=1S/C14H16FN5O2S2/c1-23-16-5-6-24-14-12(19-22-20-14)13(18-21)17-11-7-9-8(11)3-2-4-10(9)15/h2-4,11,16,21H,5-7H2,1H3,(H,17,18). The van der Waals surface area contributed by atoms with Crippen LogP contribution in [0, 0.1) is 5.82 Å². The fourth-order valence-corrected chi connectivity index (χ4v) is 3.59. The maximum Gasteiger partial charge on any atom is 0.185 e. The highest BCUT2D eigenvalue weighted by atomic mass is 32.2. The van der Waals surface area contributed by atoms with Crippen molar-refractivity contribution in [2.75, 3.05) is 18.6 Å². The first-order valence-corrected chi connectivity index (χ1v) is 9.42. The zero-order chi connectivity index (χ0) is 16.9. The topological polar surface area (TPSA) is 95.6 Å². The first kappa shape index (κ1) is 17.2. The van der Waals surface area contributed by atoms with Crippen LogP contribution in [-0.2, 0) is 6.42 Å². The molecule has 0 aliphatic heterocycles. The Bertz CT molecular complexity index is 740. The minimum absolute atomic E-state index is 0.163. The zero-order valence-electron chi connectivity index (χ0n) is 12.8. The minimum atomic E-state index is -0.224. The Balaban J connectivity index is 1.74. The number of hydrogen-bond donors (Lipinski definition) is 3. The fraction of sp³-hybridized carbons (Fsp3) is 0.357. The maximum absolute atomic E-state index is 13.6. The summed E-state index contributed by atoms with van der Waals surface area (Å²) in [6.45, 7) is 0.784. The number of nitrogens with zero attached hydrogens (tertiary/aromatic N) is 3. The average Bonchev–Trinajstić information content (AvgIpc) is 3.02. The normalized spacial score (nSPS) is 16.6. The summed E-state index contributed by atoms with van der Waals surface area (Å²) in [6, 6.07) is 4.69. The Morgan fingerprint density at radius 2 is 2.38 bits per heavy atom. The SMILES string of the molecule is CSNCCSc1nonc1C(=NC1Cc2c(F)cccc21)NO. The molecule has 0 fully saturated rings. The van der Waals surface area contributed by atoms with Gasteiger partial charge in [0.15, 0.2) is 16.6 Å².